The molecular formula is C27H27ClN2O5. The molecule has 2 fully saturated rings. The van der Waals surface area contributed by atoms with Crippen LogP contribution in [0.5, 0.6) is 11.5 Å². The Bertz CT molecular complexity index is 1340. The molecule has 1 aliphatic carbocycles. The molecule has 2 heterocycles. The number of carbonyl (C=O) groups excluding carboxylic acids is 2. The molecule has 1 saturated heterocycles. The van der Waals surface area contributed by atoms with Gasteiger partial charge in [0.15, 0.2) is 0 Å². The van der Waals surface area contributed by atoms with E-state index in [-0.39, 0.29) is 33.7 Å². The fourth-order valence-corrected chi connectivity index (χ4v) is 5.64. The lowest BCUT2D eigenvalue weighted by molar-refractivity contribution is -0.141. The quantitative estimate of drug-likeness (QED) is 0.274. The first-order valence-electron chi connectivity index (χ1n) is 11.7. The highest BCUT2D eigenvalue weighted by Gasteiger charge is 2.49. The number of H-pyrrole nitrogens is 1. The number of para-hydroxylation sites is 1. The highest BCUT2D eigenvalue weighted by Crippen LogP contribution is 2.46. The number of Topliss-reactive ketones (excluding diaryl/α,β-unsaturated/α-hetero) is 1. The first-order valence-corrected chi connectivity index (χ1v) is 12.1. The van der Waals surface area contributed by atoms with Crippen molar-refractivity contribution in [3.63, 3.8) is 0 Å². The predicted octanol–water partition coefficient (Wildman–Crippen LogP) is 5.59. The van der Waals surface area contributed by atoms with Crippen LogP contribution in [0, 0.1) is 0 Å². The number of benzene rings is 2. The SMILES string of the molecule is COc1cc(OC)c(/C(O)=C2\C(=O)C(=O)N(C3CCCCC3)C2c2c[nH]c3ccccc23)cc1Cl. The number of aliphatic hydroxyl groups is 1. The van der Waals surface area contributed by atoms with Gasteiger partial charge in [0.1, 0.15) is 17.3 Å². The molecule has 0 radical (unpaired) electrons. The van der Waals surface area contributed by atoms with Crippen molar-refractivity contribution in [1.82, 2.24) is 9.88 Å². The van der Waals surface area contributed by atoms with Crippen LogP contribution >= 0.6 is 11.6 Å². The Kier molecular flexibility index (Phi) is 6.19. The van der Waals surface area contributed by atoms with Crippen molar-refractivity contribution in [2.75, 3.05) is 14.2 Å². The summed E-state index contributed by atoms with van der Waals surface area (Å²) in [4.78, 5) is 31.9. The van der Waals surface area contributed by atoms with Crippen molar-refractivity contribution in [3.8, 4) is 11.5 Å². The van der Waals surface area contributed by atoms with Crippen LogP contribution in [0.3, 0.4) is 0 Å². The Morgan fingerprint density at radius 2 is 1.77 bits per heavy atom. The van der Waals surface area contributed by atoms with Crippen LogP contribution in [0.4, 0.5) is 0 Å². The number of aromatic amines is 1. The minimum atomic E-state index is -0.736. The maximum absolute atomic E-state index is 13.5. The molecule has 35 heavy (non-hydrogen) atoms. The largest absolute Gasteiger partial charge is 0.507 e. The molecule has 2 aromatic carbocycles. The van der Waals surface area contributed by atoms with Crippen molar-refractivity contribution in [2.24, 2.45) is 0 Å². The fourth-order valence-electron chi connectivity index (χ4n) is 5.40. The number of nitrogens with one attached hydrogen (secondary N) is 1. The zero-order chi connectivity index (χ0) is 24.7. The fraction of sp³-hybridized carbons (Fsp3) is 0.333. The van der Waals surface area contributed by atoms with E-state index in [0.717, 1.165) is 48.6 Å². The number of ketones is 1. The van der Waals surface area contributed by atoms with Gasteiger partial charge in [-0.15, -0.1) is 0 Å². The molecule has 8 heteroatoms. The number of aliphatic hydroxyl groups excluding tert-OH is 1. The lowest BCUT2D eigenvalue weighted by Gasteiger charge is -2.35. The van der Waals surface area contributed by atoms with E-state index in [1.807, 2.05) is 30.5 Å². The minimum absolute atomic E-state index is 0.0323. The van der Waals surface area contributed by atoms with Crippen LogP contribution in [0.1, 0.15) is 49.3 Å². The van der Waals surface area contributed by atoms with Gasteiger partial charge in [0, 0.05) is 34.8 Å². The number of rotatable bonds is 5. The maximum atomic E-state index is 13.5. The minimum Gasteiger partial charge on any atom is -0.507 e. The van der Waals surface area contributed by atoms with Gasteiger partial charge in [-0.2, -0.15) is 0 Å². The highest BCUT2D eigenvalue weighted by molar-refractivity contribution is 6.47. The molecule has 0 bridgehead atoms. The van der Waals surface area contributed by atoms with Crippen molar-refractivity contribution in [3.05, 3.63) is 64.3 Å². The second-order valence-electron chi connectivity index (χ2n) is 8.97. The molecule has 182 valence electrons. The molecule has 2 aliphatic rings. The van der Waals surface area contributed by atoms with Crippen LogP contribution in [-0.4, -0.2) is 46.9 Å². The summed E-state index contributed by atoms with van der Waals surface area (Å²) in [6.45, 7) is 0. The van der Waals surface area contributed by atoms with Gasteiger partial charge >= 0.3 is 0 Å². The summed E-state index contributed by atoms with van der Waals surface area (Å²) in [6.07, 6.45) is 6.57. The van der Waals surface area contributed by atoms with E-state index in [9.17, 15) is 14.7 Å². The number of hydrogen-bond acceptors (Lipinski definition) is 5. The van der Waals surface area contributed by atoms with Gasteiger partial charge < -0.3 is 24.5 Å². The summed E-state index contributed by atoms with van der Waals surface area (Å²) in [6, 6.07) is 9.96. The van der Waals surface area contributed by atoms with Crippen molar-refractivity contribution in [2.45, 2.75) is 44.2 Å². The predicted molar refractivity (Wildman–Crippen MR) is 134 cm³/mol. The first kappa shape index (κ1) is 23.3. The molecule has 2 N–H and O–H groups in total. The maximum Gasteiger partial charge on any atom is 0.295 e. The number of hydrogen-bond donors (Lipinski definition) is 2. The summed E-state index contributed by atoms with van der Waals surface area (Å²) < 4.78 is 10.7. The molecule has 1 atom stereocenters. The van der Waals surface area contributed by atoms with Crippen molar-refractivity contribution >= 4 is 40.0 Å². The summed E-state index contributed by atoms with van der Waals surface area (Å²) in [5.41, 5.74) is 1.92. The third kappa shape index (κ3) is 3.84. The second kappa shape index (κ2) is 9.30. The van der Waals surface area contributed by atoms with E-state index >= 15 is 0 Å². The standard InChI is InChI=1S/C27H27ClN2O5/c1-34-21-13-22(35-2)19(28)12-17(21)25(31)23-24(18-14-29-20-11-7-6-10-16(18)20)30(27(33)26(23)32)15-8-4-3-5-9-15/h6-7,10-15,24,29,31H,3-5,8-9H2,1-2H3/b25-23+. The van der Waals surface area contributed by atoms with Gasteiger partial charge in [0.25, 0.3) is 11.7 Å². The zero-order valence-electron chi connectivity index (χ0n) is 19.6. The summed E-state index contributed by atoms with van der Waals surface area (Å²) in [5.74, 6) is -0.968. The number of methoxy groups -OCH3 is 2. The third-order valence-corrected chi connectivity index (χ3v) is 7.39. The number of aromatic nitrogens is 1. The topological polar surface area (TPSA) is 91.9 Å². The lowest BCUT2D eigenvalue weighted by Crippen LogP contribution is -2.40. The van der Waals surface area contributed by atoms with Crippen molar-refractivity contribution < 1.29 is 24.2 Å². The number of likely N-dealkylation sites (tertiary alicyclic amines) is 1. The van der Waals surface area contributed by atoms with Gasteiger partial charge in [-0.05, 0) is 25.0 Å². The van der Waals surface area contributed by atoms with Crippen LogP contribution < -0.4 is 9.47 Å². The molecule has 1 aliphatic heterocycles. The van der Waals surface area contributed by atoms with Crippen LogP contribution in [0.25, 0.3) is 16.7 Å². The number of fused-ring (bicyclic) bond motifs is 1. The van der Waals surface area contributed by atoms with Crippen LogP contribution in [-0.2, 0) is 9.59 Å². The summed E-state index contributed by atoms with van der Waals surface area (Å²) in [7, 11) is 2.93. The molecule has 5 rings (SSSR count). The van der Waals surface area contributed by atoms with Gasteiger partial charge in [-0.3, -0.25) is 9.59 Å². The van der Waals surface area contributed by atoms with E-state index in [1.54, 1.807) is 11.0 Å². The summed E-state index contributed by atoms with van der Waals surface area (Å²) in [5, 5.41) is 12.7. The number of amides is 1. The molecule has 1 aromatic heterocycles. The Morgan fingerprint density at radius 3 is 2.49 bits per heavy atom. The lowest BCUT2D eigenvalue weighted by atomic mass is 9.90. The molecule has 7 nitrogen and oxygen atoms in total. The Labute approximate surface area is 208 Å². The smallest absolute Gasteiger partial charge is 0.295 e. The van der Waals surface area contributed by atoms with Gasteiger partial charge in [-0.25, -0.2) is 0 Å². The average Bonchev–Trinajstić information content (AvgIpc) is 3.42. The second-order valence-corrected chi connectivity index (χ2v) is 9.38. The van der Waals surface area contributed by atoms with E-state index in [0.29, 0.717) is 5.75 Å². The number of halogens is 1. The van der Waals surface area contributed by atoms with Gasteiger partial charge in [0.05, 0.1) is 36.4 Å². The van der Waals surface area contributed by atoms with E-state index in [2.05, 4.69) is 4.98 Å². The molecule has 3 aromatic rings. The van der Waals surface area contributed by atoms with E-state index < -0.39 is 17.7 Å². The summed E-state index contributed by atoms with van der Waals surface area (Å²) >= 11 is 6.36. The molecule has 1 amide bonds. The van der Waals surface area contributed by atoms with Gasteiger partial charge in [-0.1, -0.05) is 49.1 Å². The number of carbonyl (C=O) groups is 2. The molecule has 0 spiro atoms. The molecule has 1 saturated carbocycles. The average molecular weight is 495 g/mol. The highest BCUT2D eigenvalue weighted by atomic mass is 35.5. The van der Waals surface area contributed by atoms with Crippen LogP contribution in [0.2, 0.25) is 5.02 Å². The normalized spacial score (nSPS) is 20.5. The van der Waals surface area contributed by atoms with Crippen LogP contribution in [0.15, 0.2) is 48.2 Å². The third-order valence-electron chi connectivity index (χ3n) is 7.09. The Hall–Kier alpha value is -3.45. The molecule has 1 unspecified atom stereocenters. The van der Waals surface area contributed by atoms with Crippen molar-refractivity contribution in [1.29, 1.82) is 0 Å². The first-order chi connectivity index (χ1) is 17.0. The number of nitrogens with zero attached hydrogens (tertiary/aromatic N) is 1. The number of ether oxygens (including phenoxy) is 2. The Balaban J connectivity index is 1.75. The van der Waals surface area contributed by atoms with E-state index in [1.165, 1.54) is 20.3 Å². The van der Waals surface area contributed by atoms with Gasteiger partial charge in [0.2, 0.25) is 0 Å². The monoisotopic (exact) mass is 494 g/mol. The zero-order valence-corrected chi connectivity index (χ0v) is 20.4. The molecular weight excluding hydrogens is 468 g/mol. The Morgan fingerprint density at radius 1 is 1.06 bits per heavy atom. The van der Waals surface area contributed by atoms with E-state index in [4.69, 9.17) is 21.1 Å².